The third-order valence-corrected chi connectivity index (χ3v) is 4.77. The molecule has 2 heterocycles. The van der Waals surface area contributed by atoms with Crippen LogP contribution in [0.5, 0.6) is 0 Å². The fraction of sp³-hybridized carbons (Fsp3) is 0.750. The molecule has 1 aromatic rings. The second-order valence-electron chi connectivity index (χ2n) is 4.59. The van der Waals surface area contributed by atoms with Gasteiger partial charge in [-0.2, -0.15) is 0 Å². The van der Waals surface area contributed by atoms with Crippen LogP contribution < -0.4 is 5.32 Å². The Morgan fingerprint density at radius 2 is 2.38 bits per heavy atom. The third kappa shape index (κ3) is 1.79. The third-order valence-electron chi connectivity index (χ3n) is 3.53. The van der Waals surface area contributed by atoms with Crippen molar-refractivity contribution < 1.29 is 4.74 Å². The summed E-state index contributed by atoms with van der Waals surface area (Å²) in [4.78, 5) is 6.29. The number of thiazole rings is 1. The molecule has 1 aliphatic heterocycles. The molecule has 3 rings (SSSR count). The lowest BCUT2D eigenvalue weighted by Gasteiger charge is -2.20. The average Bonchev–Trinajstić information content (AvgIpc) is 2.91. The van der Waals surface area contributed by atoms with Crippen LogP contribution in [0.15, 0.2) is 0 Å². The van der Waals surface area contributed by atoms with Crippen molar-refractivity contribution in [1.82, 2.24) is 10.3 Å². The quantitative estimate of drug-likeness (QED) is 0.875. The number of likely N-dealkylation sites (N-methyl/N-ethyl adjacent to an activating group) is 1. The molecule has 16 heavy (non-hydrogen) atoms. The van der Waals surface area contributed by atoms with Crippen LogP contribution in [-0.2, 0) is 17.6 Å². The Bertz CT molecular complexity index is 350. The van der Waals surface area contributed by atoms with Crippen LogP contribution in [0.4, 0.5) is 0 Å². The molecular formula is C12H18N2OS. The first-order valence-electron chi connectivity index (χ1n) is 6.16. The van der Waals surface area contributed by atoms with Gasteiger partial charge in [-0.25, -0.2) is 4.98 Å². The minimum absolute atomic E-state index is 0.304. The number of hydrogen-bond acceptors (Lipinski definition) is 4. The van der Waals surface area contributed by atoms with Crippen LogP contribution in [0.25, 0.3) is 0 Å². The van der Waals surface area contributed by atoms with Crippen LogP contribution in [0.1, 0.15) is 40.9 Å². The first kappa shape index (κ1) is 10.7. The summed E-state index contributed by atoms with van der Waals surface area (Å²) in [6.45, 7) is 0.911. The van der Waals surface area contributed by atoms with Crippen molar-refractivity contribution in [3.05, 3.63) is 15.6 Å². The summed E-state index contributed by atoms with van der Waals surface area (Å²) in [6, 6.07) is 0.304. The van der Waals surface area contributed by atoms with Gasteiger partial charge in [-0.05, 0) is 39.2 Å². The number of fused-ring (bicyclic) bond motifs is 1. The van der Waals surface area contributed by atoms with Crippen molar-refractivity contribution in [3.8, 4) is 0 Å². The van der Waals surface area contributed by atoms with E-state index in [-0.39, 0.29) is 0 Å². The van der Waals surface area contributed by atoms with E-state index in [0.717, 1.165) is 13.0 Å². The van der Waals surface area contributed by atoms with Crippen molar-refractivity contribution in [1.29, 1.82) is 0 Å². The van der Waals surface area contributed by atoms with E-state index >= 15 is 0 Å². The molecule has 0 amide bonds. The van der Waals surface area contributed by atoms with E-state index in [0.29, 0.717) is 12.1 Å². The number of nitrogens with one attached hydrogen (secondary N) is 1. The number of aromatic nitrogens is 1. The SMILES string of the molecule is CNC(c1nc2c(s1)CCC2)C1CCCO1. The Labute approximate surface area is 100 Å². The van der Waals surface area contributed by atoms with E-state index in [9.17, 15) is 0 Å². The number of ether oxygens (including phenoxy) is 1. The topological polar surface area (TPSA) is 34.2 Å². The zero-order valence-electron chi connectivity index (χ0n) is 9.66. The van der Waals surface area contributed by atoms with Crippen molar-refractivity contribution in [2.45, 2.75) is 44.2 Å². The van der Waals surface area contributed by atoms with Gasteiger partial charge in [0.1, 0.15) is 5.01 Å². The Hall–Kier alpha value is -0.450. The molecule has 2 aliphatic rings. The molecule has 2 atom stereocenters. The maximum atomic E-state index is 5.77. The number of nitrogens with zero attached hydrogens (tertiary/aromatic N) is 1. The Kier molecular flexibility index (Phi) is 2.96. The molecule has 4 heteroatoms. The molecule has 0 aromatic carbocycles. The molecule has 1 saturated heterocycles. The average molecular weight is 238 g/mol. The summed E-state index contributed by atoms with van der Waals surface area (Å²) in [5.41, 5.74) is 1.35. The van der Waals surface area contributed by atoms with Gasteiger partial charge in [0, 0.05) is 11.5 Å². The second kappa shape index (κ2) is 4.43. The zero-order valence-corrected chi connectivity index (χ0v) is 10.5. The highest BCUT2D eigenvalue weighted by Gasteiger charge is 2.30. The van der Waals surface area contributed by atoms with E-state index in [4.69, 9.17) is 9.72 Å². The predicted octanol–water partition coefficient (Wildman–Crippen LogP) is 2.07. The number of rotatable bonds is 3. The van der Waals surface area contributed by atoms with Gasteiger partial charge >= 0.3 is 0 Å². The predicted molar refractivity (Wildman–Crippen MR) is 64.9 cm³/mol. The monoisotopic (exact) mass is 238 g/mol. The summed E-state index contributed by atoms with van der Waals surface area (Å²) in [5.74, 6) is 0. The van der Waals surface area contributed by atoms with Crippen LogP contribution >= 0.6 is 11.3 Å². The lowest BCUT2D eigenvalue weighted by molar-refractivity contribution is 0.0806. The molecule has 1 fully saturated rings. The van der Waals surface area contributed by atoms with Crippen LogP contribution in [-0.4, -0.2) is 24.7 Å². The van der Waals surface area contributed by atoms with Crippen LogP contribution in [0.2, 0.25) is 0 Å². The van der Waals surface area contributed by atoms with E-state index in [1.807, 2.05) is 18.4 Å². The molecule has 0 spiro atoms. The fourth-order valence-corrected chi connectivity index (χ4v) is 3.99. The molecule has 2 unspecified atom stereocenters. The van der Waals surface area contributed by atoms with E-state index in [2.05, 4.69) is 5.32 Å². The van der Waals surface area contributed by atoms with Gasteiger partial charge in [0.2, 0.25) is 0 Å². The summed E-state index contributed by atoms with van der Waals surface area (Å²) in [6.07, 6.45) is 6.38. The molecular weight excluding hydrogens is 220 g/mol. The van der Waals surface area contributed by atoms with Crippen molar-refractivity contribution in [3.63, 3.8) is 0 Å². The van der Waals surface area contributed by atoms with Gasteiger partial charge in [-0.3, -0.25) is 0 Å². The molecule has 1 aliphatic carbocycles. The molecule has 1 N–H and O–H groups in total. The standard InChI is InChI=1S/C12H18N2OS/c1-13-11(9-5-3-7-15-9)12-14-8-4-2-6-10(8)16-12/h9,11,13H,2-7H2,1H3. The number of hydrogen-bond donors (Lipinski definition) is 1. The van der Waals surface area contributed by atoms with E-state index < -0.39 is 0 Å². The van der Waals surface area contributed by atoms with Gasteiger partial charge < -0.3 is 10.1 Å². The van der Waals surface area contributed by atoms with Crippen molar-refractivity contribution in [2.75, 3.05) is 13.7 Å². The normalized spacial score (nSPS) is 25.9. The van der Waals surface area contributed by atoms with Gasteiger partial charge in [0.15, 0.2) is 0 Å². The Morgan fingerprint density at radius 1 is 1.44 bits per heavy atom. The first-order valence-corrected chi connectivity index (χ1v) is 6.97. The highest BCUT2D eigenvalue weighted by atomic mass is 32.1. The Morgan fingerprint density at radius 3 is 3.06 bits per heavy atom. The maximum absolute atomic E-state index is 5.77. The molecule has 3 nitrogen and oxygen atoms in total. The minimum atomic E-state index is 0.304. The highest BCUT2D eigenvalue weighted by Crippen LogP contribution is 2.34. The van der Waals surface area contributed by atoms with Gasteiger partial charge in [0.05, 0.1) is 17.8 Å². The van der Waals surface area contributed by atoms with Crippen molar-refractivity contribution >= 4 is 11.3 Å². The largest absolute Gasteiger partial charge is 0.376 e. The molecule has 0 saturated carbocycles. The van der Waals surface area contributed by atoms with Gasteiger partial charge in [-0.1, -0.05) is 0 Å². The molecule has 88 valence electrons. The lowest BCUT2D eigenvalue weighted by atomic mass is 10.1. The van der Waals surface area contributed by atoms with Crippen molar-refractivity contribution in [2.24, 2.45) is 0 Å². The van der Waals surface area contributed by atoms with Gasteiger partial charge in [0.25, 0.3) is 0 Å². The maximum Gasteiger partial charge on any atom is 0.113 e. The summed E-state index contributed by atoms with van der Waals surface area (Å²) >= 11 is 1.89. The van der Waals surface area contributed by atoms with Crippen LogP contribution in [0.3, 0.4) is 0 Å². The second-order valence-corrected chi connectivity index (χ2v) is 5.71. The molecule has 0 radical (unpaired) electrons. The fourth-order valence-electron chi connectivity index (χ4n) is 2.68. The zero-order chi connectivity index (χ0) is 11.0. The molecule has 1 aromatic heterocycles. The minimum Gasteiger partial charge on any atom is -0.376 e. The summed E-state index contributed by atoms with van der Waals surface area (Å²) in [5, 5.41) is 4.61. The first-order chi connectivity index (χ1) is 7.88. The van der Waals surface area contributed by atoms with E-state index in [1.165, 1.54) is 41.3 Å². The van der Waals surface area contributed by atoms with Gasteiger partial charge in [-0.15, -0.1) is 11.3 Å². The number of aryl methyl sites for hydroxylation is 2. The molecule has 0 bridgehead atoms. The van der Waals surface area contributed by atoms with E-state index in [1.54, 1.807) is 0 Å². The lowest BCUT2D eigenvalue weighted by Crippen LogP contribution is -2.28. The highest BCUT2D eigenvalue weighted by molar-refractivity contribution is 7.11. The van der Waals surface area contributed by atoms with Crippen LogP contribution in [0, 0.1) is 0 Å². The summed E-state index contributed by atoms with van der Waals surface area (Å²) < 4.78 is 5.77. The smallest absolute Gasteiger partial charge is 0.113 e. The summed E-state index contributed by atoms with van der Waals surface area (Å²) in [7, 11) is 2.01. The Balaban J connectivity index is 1.82.